The Hall–Kier alpha value is -5.17. The van der Waals surface area contributed by atoms with Crippen LogP contribution in [-0.4, -0.2) is 68.2 Å². The third-order valence-corrected chi connectivity index (χ3v) is 10.1. The van der Waals surface area contributed by atoms with E-state index in [1.165, 1.54) is 6.92 Å². The van der Waals surface area contributed by atoms with Crippen LogP contribution in [0.1, 0.15) is 34.7 Å². The highest BCUT2D eigenvalue weighted by Gasteiger charge is 2.51. The molecule has 1 fully saturated rings. The quantitative estimate of drug-likeness (QED) is 0.0718. The van der Waals surface area contributed by atoms with E-state index in [1.54, 1.807) is 6.26 Å². The molecule has 2 heterocycles. The van der Waals surface area contributed by atoms with E-state index < -0.39 is 55.0 Å². The van der Waals surface area contributed by atoms with Crippen molar-refractivity contribution in [2.75, 3.05) is 13.2 Å². The summed E-state index contributed by atoms with van der Waals surface area (Å²) in [6.07, 6.45) is -2.46. The van der Waals surface area contributed by atoms with Crippen LogP contribution in [0.3, 0.4) is 0 Å². The molecular formula is C49H52O10. The zero-order valence-corrected chi connectivity index (χ0v) is 33.2. The second kappa shape index (κ2) is 22.3. The Morgan fingerprint density at radius 1 is 0.475 bits per heavy atom. The molecule has 0 aromatic heterocycles. The van der Waals surface area contributed by atoms with Gasteiger partial charge in [-0.1, -0.05) is 152 Å². The van der Waals surface area contributed by atoms with Crippen LogP contribution in [0.4, 0.5) is 0 Å². The molecule has 0 amide bonds. The lowest BCUT2D eigenvalue weighted by molar-refractivity contribution is -0.325. The standard InChI is InChI=1S/C49H52O10/c1-36(50)58-48-47(56-33-41-25-15-6-16-26-41)46(55-32-40-23-13-5-14-24-40)44(34-51-29-37-17-7-2-8-18-37)59-49(48)57-35-43-45(54-31-39-21-11-4-12-22-39)42(27-28-52-43)53-30-38-19-9-3-10-20-38/h2-28,42-49H,29-35H2,1H3/t42-,43-,44-,45+,46-,47+,48-,49+/m1/s1. The SMILES string of the molecule is CC(=O)O[C@H]1[C@@H](OC[C@H]2OC=C[C@@H](OCc3ccccc3)[C@@H]2OCc2ccccc2)O[C@H](COCc2ccccc2)[C@@H](OCc2ccccc2)[C@@H]1OCc1ccccc1. The monoisotopic (exact) mass is 800 g/mol. The van der Waals surface area contributed by atoms with Gasteiger partial charge in [0.15, 0.2) is 18.5 Å². The third-order valence-electron chi connectivity index (χ3n) is 10.1. The first-order chi connectivity index (χ1) is 29.1. The lowest BCUT2D eigenvalue weighted by atomic mass is 9.97. The molecule has 2 aliphatic heterocycles. The van der Waals surface area contributed by atoms with Gasteiger partial charge >= 0.3 is 5.97 Å². The van der Waals surface area contributed by atoms with Crippen LogP contribution in [-0.2, 0) is 80.5 Å². The fourth-order valence-electron chi connectivity index (χ4n) is 7.09. The van der Waals surface area contributed by atoms with Gasteiger partial charge < -0.3 is 42.6 Å². The van der Waals surface area contributed by atoms with E-state index in [-0.39, 0.29) is 26.4 Å². The second-order valence-electron chi connectivity index (χ2n) is 14.5. The van der Waals surface area contributed by atoms with Crippen molar-refractivity contribution < 1.29 is 47.4 Å². The summed E-state index contributed by atoms with van der Waals surface area (Å²) in [6, 6.07) is 49.5. The summed E-state index contributed by atoms with van der Waals surface area (Å²) in [5.74, 6) is -0.517. The maximum absolute atomic E-state index is 12.9. The molecule has 2 aliphatic rings. The predicted octanol–water partition coefficient (Wildman–Crippen LogP) is 8.13. The van der Waals surface area contributed by atoms with Crippen molar-refractivity contribution in [2.24, 2.45) is 0 Å². The Labute approximate surface area is 346 Å². The van der Waals surface area contributed by atoms with Gasteiger partial charge in [0.25, 0.3) is 0 Å². The summed E-state index contributed by atoms with van der Waals surface area (Å²) < 4.78 is 58.2. The first-order valence-corrected chi connectivity index (χ1v) is 20.1. The molecule has 5 aromatic carbocycles. The minimum atomic E-state index is -1.09. The molecule has 1 saturated heterocycles. The number of benzene rings is 5. The summed E-state index contributed by atoms with van der Waals surface area (Å²) in [4.78, 5) is 12.9. The van der Waals surface area contributed by atoms with Crippen molar-refractivity contribution in [1.82, 2.24) is 0 Å². The molecular weight excluding hydrogens is 749 g/mol. The number of esters is 1. The summed E-state index contributed by atoms with van der Waals surface area (Å²) in [5, 5.41) is 0. The average Bonchev–Trinajstić information content (AvgIpc) is 3.28. The second-order valence-corrected chi connectivity index (χ2v) is 14.5. The Morgan fingerprint density at radius 2 is 0.915 bits per heavy atom. The van der Waals surface area contributed by atoms with Gasteiger partial charge in [-0.2, -0.15) is 0 Å². The van der Waals surface area contributed by atoms with Gasteiger partial charge in [0.05, 0.1) is 52.5 Å². The average molecular weight is 801 g/mol. The van der Waals surface area contributed by atoms with Gasteiger partial charge in [0.1, 0.15) is 30.5 Å². The van der Waals surface area contributed by atoms with Gasteiger partial charge in [-0.3, -0.25) is 4.79 Å². The van der Waals surface area contributed by atoms with E-state index >= 15 is 0 Å². The molecule has 5 aromatic rings. The van der Waals surface area contributed by atoms with Crippen LogP contribution in [0.5, 0.6) is 0 Å². The topological polar surface area (TPSA) is 100 Å². The maximum Gasteiger partial charge on any atom is 0.303 e. The minimum Gasteiger partial charge on any atom is -0.493 e. The number of carbonyl (C=O) groups excluding carboxylic acids is 1. The van der Waals surface area contributed by atoms with E-state index in [2.05, 4.69) is 0 Å². The molecule has 0 bridgehead atoms. The van der Waals surface area contributed by atoms with Crippen molar-refractivity contribution in [3.63, 3.8) is 0 Å². The molecule has 308 valence electrons. The summed E-state index contributed by atoms with van der Waals surface area (Å²) in [7, 11) is 0. The number of hydrogen-bond donors (Lipinski definition) is 0. The van der Waals surface area contributed by atoms with Crippen molar-refractivity contribution >= 4 is 5.97 Å². The first kappa shape index (κ1) is 42.0. The highest BCUT2D eigenvalue weighted by molar-refractivity contribution is 5.66. The number of hydrogen-bond acceptors (Lipinski definition) is 10. The lowest BCUT2D eigenvalue weighted by Crippen LogP contribution is -2.62. The van der Waals surface area contributed by atoms with Crippen LogP contribution in [0, 0.1) is 0 Å². The molecule has 10 nitrogen and oxygen atoms in total. The molecule has 0 unspecified atom stereocenters. The molecule has 7 rings (SSSR count). The Balaban J connectivity index is 1.14. The zero-order valence-electron chi connectivity index (χ0n) is 33.2. The number of ether oxygens (including phenoxy) is 9. The van der Waals surface area contributed by atoms with Crippen LogP contribution < -0.4 is 0 Å². The molecule has 0 spiro atoms. The predicted molar refractivity (Wildman–Crippen MR) is 220 cm³/mol. The van der Waals surface area contributed by atoms with Crippen molar-refractivity contribution in [2.45, 2.75) is 89.0 Å². The van der Waals surface area contributed by atoms with Gasteiger partial charge in [0, 0.05) is 6.92 Å². The third kappa shape index (κ3) is 12.7. The Bertz CT molecular complexity index is 1970. The molecule has 10 heteroatoms. The zero-order chi connectivity index (χ0) is 40.5. The maximum atomic E-state index is 12.9. The number of rotatable bonds is 20. The van der Waals surface area contributed by atoms with E-state index in [4.69, 9.17) is 42.6 Å². The van der Waals surface area contributed by atoms with E-state index in [0.29, 0.717) is 19.8 Å². The van der Waals surface area contributed by atoms with Gasteiger partial charge in [-0.05, 0) is 33.9 Å². The van der Waals surface area contributed by atoms with Crippen LogP contribution in [0.15, 0.2) is 164 Å². The minimum absolute atomic E-state index is 0.00988. The largest absolute Gasteiger partial charge is 0.493 e. The molecule has 0 N–H and O–H groups in total. The molecule has 59 heavy (non-hydrogen) atoms. The molecule has 8 atom stereocenters. The lowest BCUT2D eigenvalue weighted by Gasteiger charge is -2.45. The summed E-state index contributed by atoms with van der Waals surface area (Å²) >= 11 is 0. The van der Waals surface area contributed by atoms with E-state index in [9.17, 15) is 4.79 Å². The van der Waals surface area contributed by atoms with Crippen LogP contribution in [0.2, 0.25) is 0 Å². The van der Waals surface area contributed by atoms with Gasteiger partial charge in [0.2, 0.25) is 0 Å². The number of carbonyl (C=O) groups is 1. The fourth-order valence-corrected chi connectivity index (χ4v) is 7.09. The first-order valence-electron chi connectivity index (χ1n) is 20.1. The summed E-state index contributed by atoms with van der Waals surface area (Å²) in [5.41, 5.74) is 4.97. The molecule has 0 radical (unpaired) electrons. The summed E-state index contributed by atoms with van der Waals surface area (Å²) in [6.45, 7) is 3.07. The van der Waals surface area contributed by atoms with E-state index in [0.717, 1.165) is 27.8 Å². The van der Waals surface area contributed by atoms with Gasteiger partial charge in [-0.25, -0.2) is 0 Å². The van der Waals surface area contributed by atoms with Crippen molar-refractivity contribution in [3.8, 4) is 0 Å². The van der Waals surface area contributed by atoms with Gasteiger partial charge in [-0.15, -0.1) is 0 Å². The molecule has 0 saturated carbocycles. The van der Waals surface area contributed by atoms with Crippen LogP contribution in [0.25, 0.3) is 0 Å². The normalized spacial score (nSPS) is 23.9. The van der Waals surface area contributed by atoms with Crippen molar-refractivity contribution in [1.29, 1.82) is 0 Å². The highest BCUT2D eigenvalue weighted by Crippen LogP contribution is 2.32. The fraction of sp³-hybridized carbons (Fsp3) is 0.327. The van der Waals surface area contributed by atoms with E-state index in [1.807, 2.05) is 158 Å². The van der Waals surface area contributed by atoms with Crippen LogP contribution >= 0.6 is 0 Å². The Morgan fingerprint density at radius 3 is 1.41 bits per heavy atom. The smallest absolute Gasteiger partial charge is 0.303 e. The molecule has 0 aliphatic carbocycles. The highest BCUT2D eigenvalue weighted by atomic mass is 16.7. The Kier molecular flexibility index (Phi) is 15.8. The van der Waals surface area contributed by atoms with Crippen molar-refractivity contribution in [3.05, 3.63) is 192 Å².